The Morgan fingerprint density at radius 1 is 1.19 bits per heavy atom. The quantitative estimate of drug-likeness (QED) is 0.739. The second-order valence-corrected chi connectivity index (χ2v) is 5.72. The third-order valence-electron chi connectivity index (χ3n) is 3.55. The molecule has 1 aliphatic carbocycles. The molecule has 0 aromatic carbocycles. The van der Waals surface area contributed by atoms with Gasteiger partial charge in [-0.15, -0.1) is 11.8 Å². The zero-order valence-corrected chi connectivity index (χ0v) is 10.1. The Morgan fingerprint density at radius 2 is 1.75 bits per heavy atom. The van der Waals surface area contributed by atoms with E-state index >= 15 is 0 Å². The van der Waals surface area contributed by atoms with Gasteiger partial charge in [-0.2, -0.15) is 0 Å². The van der Waals surface area contributed by atoms with Gasteiger partial charge < -0.3 is 5.11 Å². The molecule has 90 valence electrons. The van der Waals surface area contributed by atoms with Gasteiger partial charge in [0.2, 0.25) is 11.8 Å². The Balaban J connectivity index is 2.06. The zero-order chi connectivity index (χ0) is 11.6. The number of imide groups is 1. The summed E-state index contributed by atoms with van der Waals surface area (Å²) in [6, 6.07) is 0. The summed E-state index contributed by atoms with van der Waals surface area (Å²) in [5, 5.41) is 9.47. The van der Waals surface area contributed by atoms with Crippen molar-refractivity contribution >= 4 is 23.6 Å². The summed E-state index contributed by atoms with van der Waals surface area (Å²) in [6.07, 6.45) is 4.03. The summed E-state index contributed by atoms with van der Waals surface area (Å²) < 4.78 is 0. The van der Waals surface area contributed by atoms with Crippen LogP contribution in [0.15, 0.2) is 0 Å². The highest BCUT2D eigenvalue weighted by Gasteiger charge is 2.39. The van der Waals surface area contributed by atoms with Crippen LogP contribution in [0.4, 0.5) is 0 Å². The Labute approximate surface area is 99.4 Å². The third kappa shape index (κ3) is 2.25. The number of rotatable bonds is 3. The molecule has 0 aromatic heterocycles. The maximum Gasteiger partial charge on any atom is 0.239 e. The maximum atomic E-state index is 11.7. The van der Waals surface area contributed by atoms with Crippen LogP contribution in [0.1, 0.15) is 25.7 Å². The molecule has 1 saturated heterocycles. The Kier molecular flexibility index (Phi) is 3.54. The molecular weight excluding hydrogens is 226 g/mol. The topological polar surface area (TPSA) is 57.6 Å². The van der Waals surface area contributed by atoms with Crippen LogP contribution in [0.5, 0.6) is 0 Å². The van der Waals surface area contributed by atoms with Gasteiger partial charge in [-0.3, -0.25) is 14.5 Å². The average molecular weight is 243 g/mol. The van der Waals surface area contributed by atoms with Gasteiger partial charge in [0.25, 0.3) is 0 Å². The van der Waals surface area contributed by atoms with Crippen molar-refractivity contribution in [3.05, 3.63) is 0 Å². The van der Waals surface area contributed by atoms with Crippen LogP contribution >= 0.6 is 11.8 Å². The largest absolute Gasteiger partial charge is 0.396 e. The molecule has 16 heavy (non-hydrogen) atoms. The van der Waals surface area contributed by atoms with Gasteiger partial charge in [0.15, 0.2) is 0 Å². The predicted octanol–water partition coefficient (Wildman–Crippen LogP) is 0.641. The number of nitrogens with zero attached hydrogens (tertiary/aromatic N) is 1. The van der Waals surface area contributed by atoms with Gasteiger partial charge in [0.05, 0.1) is 18.1 Å². The first-order valence-electron chi connectivity index (χ1n) is 5.69. The van der Waals surface area contributed by atoms with Crippen LogP contribution in [0, 0.1) is 5.41 Å². The smallest absolute Gasteiger partial charge is 0.239 e. The minimum absolute atomic E-state index is 0.0806. The first kappa shape index (κ1) is 11.9. The average Bonchev–Trinajstić information content (AvgIpc) is 2.73. The zero-order valence-electron chi connectivity index (χ0n) is 9.28. The van der Waals surface area contributed by atoms with Crippen molar-refractivity contribution < 1.29 is 14.7 Å². The van der Waals surface area contributed by atoms with Crippen molar-refractivity contribution in [1.29, 1.82) is 0 Å². The van der Waals surface area contributed by atoms with Crippen LogP contribution in [0.2, 0.25) is 0 Å². The number of hydrogen-bond donors (Lipinski definition) is 1. The highest BCUT2D eigenvalue weighted by atomic mass is 32.2. The molecule has 4 nitrogen and oxygen atoms in total. The summed E-state index contributed by atoms with van der Waals surface area (Å²) in [5.41, 5.74) is -0.215. The van der Waals surface area contributed by atoms with E-state index in [4.69, 9.17) is 0 Å². The molecule has 1 N–H and O–H groups in total. The summed E-state index contributed by atoms with van der Waals surface area (Å²) in [4.78, 5) is 24.7. The maximum absolute atomic E-state index is 11.7. The lowest BCUT2D eigenvalue weighted by Gasteiger charge is -2.34. The lowest BCUT2D eigenvalue weighted by Crippen LogP contribution is -2.49. The number of carbonyl (C=O) groups is 2. The number of thioether (sulfide) groups is 1. The predicted molar refractivity (Wildman–Crippen MR) is 62.0 cm³/mol. The van der Waals surface area contributed by atoms with E-state index in [2.05, 4.69) is 0 Å². The van der Waals surface area contributed by atoms with Crippen LogP contribution < -0.4 is 0 Å². The monoisotopic (exact) mass is 243 g/mol. The van der Waals surface area contributed by atoms with Gasteiger partial charge in [0, 0.05) is 12.0 Å². The first-order chi connectivity index (χ1) is 7.67. The van der Waals surface area contributed by atoms with E-state index < -0.39 is 0 Å². The molecule has 0 unspecified atom stereocenters. The highest BCUT2D eigenvalue weighted by molar-refractivity contribution is 8.00. The summed E-state index contributed by atoms with van der Waals surface area (Å²) in [5.74, 6) is 0.600. The SMILES string of the molecule is O=C1CSCC(=O)N1CC1(CO)CCCC1. The number of aliphatic hydroxyl groups is 1. The van der Waals surface area contributed by atoms with Crippen molar-refractivity contribution in [2.24, 2.45) is 5.41 Å². The van der Waals surface area contributed by atoms with Gasteiger partial charge in [-0.25, -0.2) is 0 Å². The van der Waals surface area contributed by atoms with Crippen molar-refractivity contribution in [1.82, 2.24) is 4.90 Å². The van der Waals surface area contributed by atoms with Crippen LogP contribution in [-0.2, 0) is 9.59 Å². The Morgan fingerprint density at radius 3 is 2.25 bits per heavy atom. The number of hydrogen-bond acceptors (Lipinski definition) is 4. The van der Waals surface area contributed by atoms with Crippen LogP contribution in [-0.4, -0.2) is 46.5 Å². The van der Waals surface area contributed by atoms with E-state index in [1.54, 1.807) is 0 Å². The lowest BCUT2D eigenvalue weighted by molar-refractivity contribution is -0.144. The number of aliphatic hydroxyl groups excluding tert-OH is 1. The number of carbonyl (C=O) groups excluding carboxylic acids is 2. The van der Waals surface area contributed by atoms with E-state index in [-0.39, 0.29) is 23.8 Å². The van der Waals surface area contributed by atoms with E-state index in [0.717, 1.165) is 25.7 Å². The molecule has 2 aliphatic rings. The fourth-order valence-electron chi connectivity index (χ4n) is 2.52. The van der Waals surface area contributed by atoms with Crippen molar-refractivity contribution in [3.8, 4) is 0 Å². The van der Waals surface area contributed by atoms with E-state index in [1.165, 1.54) is 16.7 Å². The lowest BCUT2D eigenvalue weighted by atomic mass is 9.86. The molecule has 5 heteroatoms. The molecule has 2 fully saturated rings. The first-order valence-corrected chi connectivity index (χ1v) is 6.84. The second kappa shape index (κ2) is 4.75. The summed E-state index contributed by atoms with van der Waals surface area (Å²) in [6.45, 7) is 0.499. The summed E-state index contributed by atoms with van der Waals surface area (Å²) >= 11 is 1.38. The fourth-order valence-corrected chi connectivity index (χ4v) is 3.29. The highest BCUT2D eigenvalue weighted by Crippen LogP contribution is 2.38. The van der Waals surface area contributed by atoms with Gasteiger partial charge >= 0.3 is 0 Å². The molecule has 2 amide bonds. The molecule has 1 heterocycles. The minimum atomic E-state index is -0.215. The second-order valence-electron chi connectivity index (χ2n) is 4.73. The van der Waals surface area contributed by atoms with E-state index in [1.807, 2.05) is 0 Å². The van der Waals surface area contributed by atoms with Crippen molar-refractivity contribution in [3.63, 3.8) is 0 Å². The minimum Gasteiger partial charge on any atom is -0.396 e. The fraction of sp³-hybridized carbons (Fsp3) is 0.818. The Bertz CT molecular complexity index is 284. The van der Waals surface area contributed by atoms with Gasteiger partial charge in [-0.1, -0.05) is 12.8 Å². The van der Waals surface area contributed by atoms with Crippen LogP contribution in [0.25, 0.3) is 0 Å². The molecule has 0 spiro atoms. The molecule has 1 aliphatic heterocycles. The van der Waals surface area contributed by atoms with Gasteiger partial charge in [-0.05, 0) is 12.8 Å². The molecule has 1 saturated carbocycles. The van der Waals surface area contributed by atoms with E-state index in [9.17, 15) is 14.7 Å². The van der Waals surface area contributed by atoms with Crippen LogP contribution in [0.3, 0.4) is 0 Å². The standard InChI is InChI=1S/C11H17NO3S/c13-8-11(3-1-2-4-11)7-12-9(14)5-16-6-10(12)15/h13H,1-8H2. The molecular formula is C11H17NO3S. The number of amides is 2. The molecule has 0 radical (unpaired) electrons. The molecule has 2 rings (SSSR count). The Hall–Kier alpha value is -0.550. The van der Waals surface area contributed by atoms with Crippen molar-refractivity contribution in [2.45, 2.75) is 25.7 Å². The van der Waals surface area contributed by atoms with Crippen molar-refractivity contribution in [2.75, 3.05) is 24.7 Å². The normalized spacial score (nSPS) is 25.2. The van der Waals surface area contributed by atoms with Gasteiger partial charge in [0.1, 0.15) is 0 Å². The molecule has 0 atom stereocenters. The molecule has 0 aromatic rings. The van der Waals surface area contributed by atoms with E-state index in [0.29, 0.717) is 18.1 Å². The summed E-state index contributed by atoms with van der Waals surface area (Å²) in [7, 11) is 0. The molecule has 0 bridgehead atoms. The third-order valence-corrected chi connectivity index (χ3v) is 4.45.